The van der Waals surface area contributed by atoms with Gasteiger partial charge in [-0.3, -0.25) is 4.79 Å². The molecule has 0 aliphatic carbocycles. The third-order valence-electron chi connectivity index (χ3n) is 3.20. The van der Waals surface area contributed by atoms with Gasteiger partial charge >= 0.3 is 0 Å². The van der Waals surface area contributed by atoms with E-state index in [2.05, 4.69) is 21.6 Å². The SMILES string of the molecule is Cc1ccc(OCc2nnc(SCC(=O)NC(C)C)n2N)c(C)c1. The molecule has 0 unspecified atom stereocenters. The van der Waals surface area contributed by atoms with Crippen molar-refractivity contribution in [2.45, 2.75) is 45.5 Å². The van der Waals surface area contributed by atoms with Gasteiger partial charge in [-0.25, -0.2) is 4.68 Å². The van der Waals surface area contributed by atoms with Gasteiger partial charge in [0, 0.05) is 6.04 Å². The lowest BCUT2D eigenvalue weighted by atomic mass is 10.1. The van der Waals surface area contributed by atoms with E-state index in [1.165, 1.54) is 22.0 Å². The summed E-state index contributed by atoms with van der Waals surface area (Å²) < 4.78 is 7.12. The Kier molecular flexibility index (Phi) is 6.08. The smallest absolute Gasteiger partial charge is 0.230 e. The van der Waals surface area contributed by atoms with Crippen LogP contribution in [0.3, 0.4) is 0 Å². The molecule has 0 saturated heterocycles. The van der Waals surface area contributed by atoms with E-state index in [4.69, 9.17) is 10.6 Å². The van der Waals surface area contributed by atoms with E-state index in [9.17, 15) is 4.79 Å². The van der Waals surface area contributed by atoms with Gasteiger partial charge in [0.05, 0.1) is 5.75 Å². The van der Waals surface area contributed by atoms with E-state index in [0.717, 1.165) is 11.3 Å². The molecule has 2 rings (SSSR count). The molecule has 3 N–H and O–H groups in total. The van der Waals surface area contributed by atoms with Gasteiger partial charge in [0.25, 0.3) is 0 Å². The highest BCUT2D eigenvalue weighted by molar-refractivity contribution is 7.99. The number of hydrogen-bond donors (Lipinski definition) is 2. The summed E-state index contributed by atoms with van der Waals surface area (Å²) in [5.41, 5.74) is 2.23. The minimum absolute atomic E-state index is 0.0638. The van der Waals surface area contributed by atoms with E-state index < -0.39 is 0 Å². The zero-order chi connectivity index (χ0) is 17.7. The number of aromatic nitrogens is 3. The number of nitrogen functional groups attached to an aromatic ring is 1. The van der Waals surface area contributed by atoms with Crippen LogP contribution in [0.1, 0.15) is 30.8 Å². The van der Waals surface area contributed by atoms with E-state index in [1.807, 2.05) is 39.8 Å². The van der Waals surface area contributed by atoms with Crippen molar-refractivity contribution in [1.29, 1.82) is 0 Å². The standard InChI is InChI=1S/C16H23N5O2S/c1-10(2)18-15(22)9-24-16-20-19-14(21(16)17)8-23-13-6-5-11(3)7-12(13)4/h5-7,10H,8-9,17H2,1-4H3,(H,18,22). The van der Waals surface area contributed by atoms with Crippen LogP contribution in [0.15, 0.2) is 23.4 Å². The number of carbonyl (C=O) groups is 1. The summed E-state index contributed by atoms with van der Waals surface area (Å²) in [5, 5.41) is 11.3. The van der Waals surface area contributed by atoms with Crippen LogP contribution in [0, 0.1) is 13.8 Å². The summed E-state index contributed by atoms with van der Waals surface area (Å²) in [5.74, 6) is 7.44. The Hall–Kier alpha value is -2.22. The number of aryl methyl sites for hydroxylation is 2. The number of ether oxygens (including phenoxy) is 1. The highest BCUT2D eigenvalue weighted by Gasteiger charge is 2.13. The maximum atomic E-state index is 11.7. The molecule has 0 bridgehead atoms. The van der Waals surface area contributed by atoms with Crippen molar-refractivity contribution in [3.05, 3.63) is 35.2 Å². The van der Waals surface area contributed by atoms with Gasteiger partial charge < -0.3 is 15.9 Å². The molecular weight excluding hydrogens is 326 g/mol. The fourth-order valence-electron chi connectivity index (χ4n) is 2.10. The number of nitrogens with zero attached hydrogens (tertiary/aromatic N) is 3. The van der Waals surface area contributed by atoms with Crippen LogP contribution < -0.4 is 15.9 Å². The van der Waals surface area contributed by atoms with Crippen LogP contribution in [0.25, 0.3) is 0 Å². The fourth-order valence-corrected chi connectivity index (χ4v) is 2.79. The number of nitrogens with one attached hydrogen (secondary N) is 1. The second kappa shape index (κ2) is 8.05. The summed E-state index contributed by atoms with van der Waals surface area (Å²) >= 11 is 1.24. The molecular formula is C16H23N5O2S. The number of rotatable bonds is 7. The van der Waals surface area contributed by atoms with Crippen molar-refractivity contribution in [1.82, 2.24) is 20.2 Å². The summed E-state index contributed by atoms with van der Waals surface area (Å²) in [4.78, 5) is 11.7. The Morgan fingerprint density at radius 3 is 2.79 bits per heavy atom. The molecule has 8 heteroatoms. The van der Waals surface area contributed by atoms with Gasteiger partial charge in [-0.1, -0.05) is 29.5 Å². The lowest BCUT2D eigenvalue weighted by Gasteiger charge is -2.10. The first kappa shape index (κ1) is 18.1. The van der Waals surface area contributed by atoms with Crippen molar-refractivity contribution in [3.63, 3.8) is 0 Å². The van der Waals surface area contributed by atoms with Crippen LogP contribution in [0.2, 0.25) is 0 Å². The number of nitrogens with two attached hydrogens (primary N) is 1. The maximum absolute atomic E-state index is 11.7. The summed E-state index contributed by atoms with van der Waals surface area (Å²) in [7, 11) is 0. The molecule has 1 heterocycles. The predicted octanol–water partition coefficient (Wildman–Crippen LogP) is 1.80. The quantitative estimate of drug-likeness (QED) is 0.585. The number of benzene rings is 1. The first-order valence-electron chi connectivity index (χ1n) is 7.68. The molecule has 7 nitrogen and oxygen atoms in total. The number of hydrogen-bond acceptors (Lipinski definition) is 6. The molecule has 0 spiro atoms. The molecule has 0 fully saturated rings. The lowest BCUT2D eigenvalue weighted by molar-refractivity contribution is -0.119. The Labute approximate surface area is 145 Å². The Morgan fingerprint density at radius 2 is 2.12 bits per heavy atom. The molecule has 0 aliphatic rings. The normalized spacial score (nSPS) is 10.9. The highest BCUT2D eigenvalue weighted by Crippen LogP contribution is 2.20. The molecule has 1 aromatic carbocycles. The fraction of sp³-hybridized carbons (Fsp3) is 0.438. The highest BCUT2D eigenvalue weighted by atomic mass is 32.2. The first-order chi connectivity index (χ1) is 11.4. The molecule has 2 aromatic rings. The second-order valence-corrected chi connectivity index (χ2v) is 6.78. The largest absolute Gasteiger partial charge is 0.485 e. The zero-order valence-corrected chi connectivity index (χ0v) is 15.2. The Morgan fingerprint density at radius 1 is 1.38 bits per heavy atom. The van der Waals surface area contributed by atoms with E-state index >= 15 is 0 Å². The minimum atomic E-state index is -0.0638. The molecule has 130 valence electrons. The van der Waals surface area contributed by atoms with Crippen LogP contribution in [-0.2, 0) is 11.4 Å². The molecule has 0 aliphatic heterocycles. The van der Waals surface area contributed by atoms with Crippen molar-refractivity contribution in [3.8, 4) is 5.75 Å². The van der Waals surface area contributed by atoms with Gasteiger partial charge in [0.2, 0.25) is 11.1 Å². The third kappa shape index (κ3) is 4.89. The van der Waals surface area contributed by atoms with Crippen LogP contribution in [0.5, 0.6) is 5.75 Å². The second-order valence-electron chi connectivity index (χ2n) is 5.84. The van der Waals surface area contributed by atoms with E-state index in [-0.39, 0.29) is 24.3 Å². The molecule has 1 amide bonds. The molecule has 0 saturated carbocycles. The average molecular weight is 349 g/mol. The van der Waals surface area contributed by atoms with Crippen LogP contribution >= 0.6 is 11.8 Å². The molecule has 0 radical (unpaired) electrons. The third-order valence-corrected chi connectivity index (χ3v) is 4.15. The summed E-state index contributed by atoms with van der Waals surface area (Å²) in [6.45, 7) is 8.06. The molecule has 0 atom stereocenters. The van der Waals surface area contributed by atoms with Crippen LogP contribution in [-0.4, -0.2) is 32.6 Å². The zero-order valence-electron chi connectivity index (χ0n) is 14.4. The van der Waals surface area contributed by atoms with Gasteiger partial charge in [-0.15, -0.1) is 10.2 Å². The number of thioether (sulfide) groups is 1. The van der Waals surface area contributed by atoms with E-state index in [1.54, 1.807) is 0 Å². The van der Waals surface area contributed by atoms with Crippen molar-refractivity contribution < 1.29 is 9.53 Å². The minimum Gasteiger partial charge on any atom is -0.485 e. The van der Waals surface area contributed by atoms with Gasteiger partial charge in [0.1, 0.15) is 12.4 Å². The van der Waals surface area contributed by atoms with Gasteiger partial charge in [-0.05, 0) is 39.3 Å². The van der Waals surface area contributed by atoms with Crippen molar-refractivity contribution in [2.75, 3.05) is 11.6 Å². The van der Waals surface area contributed by atoms with Gasteiger partial charge in [0.15, 0.2) is 5.82 Å². The van der Waals surface area contributed by atoms with Crippen molar-refractivity contribution >= 4 is 17.7 Å². The molecule has 24 heavy (non-hydrogen) atoms. The van der Waals surface area contributed by atoms with E-state index in [0.29, 0.717) is 11.0 Å². The van der Waals surface area contributed by atoms with Crippen molar-refractivity contribution in [2.24, 2.45) is 0 Å². The lowest BCUT2D eigenvalue weighted by Crippen LogP contribution is -2.31. The Balaban J connectivity index is 1.93. The first-order valence-corrected chi connectivity index (χ1v) is 8.67. The maximum Gasteiger partial charge on any atom is 0.230 e. The van der Waals surface area contributed by atoms with Crippen LogP contribution in [0.4, 0.5) is 0 Å². The number of carbonyl (C=O) groups excluding carboxylic acids is 1. The summed E-state index contributed by atoms with van der Waals surface area (Å²) in [6, 6.07) is 6.07. The average Bonchev–Trinajstić information content (AvgIpc) is 2.84. The van der Waals surface area contributed by atoms with Gasteiger partial charge in [-0.2, -0.15) is 0 Å². The monoisotopic (exact) mass is 349 g/mol. The summed E-state index contributed by atoms with van der Waals surface area (Å²) in [6.07, 6.45) is 0. The molecule has 1 aromatic heterocycles. The Bertz CT molecular complexity index is 714. The number of amides is 1. The topological polar surface area (TPSA) is 95.1 Å². The predicted molar refractivity (Wildman–Crippen MR) is 94.4 cm³/mol.